The van der Waals surface area contributed by atoms with Crippen molar-refractivity contribution in [2.45, 2.75) is 51.4 Å². The largest absolute Gasteiger partial charge is 0.444 e. The highest BCUT2D eigenvalue weighted by molar-refractivity contribution is 5.68. The highest BCUT2D eigenvalue weighted by Crippen LogP contribution is 2.29. The molecular formula is C18H25F3N2O2. The first-order valence-electron chi connectivity index (χ1n) is 8.42. The highest BCUT2D eigenvalue weighted by Gasteiger charge is 2.30. The number of benzene rings is 1. The summed E-state index contributed by atoms with van der Waals surface area (Å²) in [5, 5.41) is 3.34. The molecule has 0 aromatic heterocycles. The minimum absolute atomic E-state index is 0.101. The Morgan fingerprint density at radius 2 is 1.88 bits per heavy atom. The zero-order chi connectivity index (χ0) is 18.7. The van der Waals surface area contributed by atoms with Gasteiger partial charge in [0.05, 0.1) is 5.56 Å². The molecule has 0 radical (unpaired) electrons. The Morgan fingerprint density at radius 1 is 1.24 bits per heavy atom. The van der Waals surface area contributed by atoms with Gasteiger partial charge in [0.25, 0.3) is 0 Å². The van der Waals surface area contributed by atoms with Gasteiger partial charge < -0.3 is 15.0 Å². The topological polar surface area (TPSA) is 41.6 Å². The van der Waals surface area contributed by atoms with E-state index in [0.717, 1.165) is 24.1 Å². The number of amides is 1. The fraction of sp³-hybridized carbons (Fsp3) is 0.611. The SMILES string of the molecule is CC(C)(C)OC(=O)N1CCN[C@H](CCc2ccc(C(F)(F)F)cc2)C1. The molecule has 1 aliphatic rings. The van der Waals surface area contributed by atoms with Gasteiger partial charge in [0.1, 0.15) is 5.60 Å². The average molecular weight is 358 g/mol. The maximum Gasteiger partial charge on any atom is 0.416 e. The van der Waals surface area contributed by atoms with Crippen LogP contribution in [0.1, 0.15) is 38.3 Å². The van der Waals surface area contributed by atoms with Gasteiger partial charge >= 0.3 is 12.3 Å². The van der Waals surface area contributed by atoms with Crippen LogP contribution in [0.4, 0.5) is 18.0 Å². The van der Waals surface area contributed by atoms with E-state index in [0.29, 0.717) is 26.1 Å². The molecule has 1 aliphatic heterocycles. The maximum absolute atomic E-state index is 12.6. The second-order valence-corrected chi connectivity index (χ2v) is 7.31. The minimum Gasteiger partial charge on any atom is -0.444 e. The van der Waals surface area contributed by atoms with Crippen LogP contribution in [0.2, 0.25) is 0 Å². The van der Waals surface area contributed by atoms with Crippen LogP contribution in [-0.2, 0) is 17.3 Å². The van der Waals surface area contributed by atoms with Gasteiger partial charge in [-0.1, -0.05) is 12.1 Å². The molecule has 0 spiro atoms. The third-order valence-electron chi connectivity index (χ3n) is 3.97. The number of carbonyl (C=O) groups is 1. The number of hydrogen-bond acceptors (Lipinski definition) is 3. The molecular weight excluding hydrogens is 333 g/mol. The second kappa shape index (κ2) is 7.64. The minimum atomic E-state index is -4.31. The van der Waals surface area contributed by atoms with Crippen LogP contribution >= 0.6 is 0 Å². The molecule has 0 unspecified atom stereocenters. The summed E-state index contributed by atoms with van der Waals surface area (Å²) in [5.74, 6) is 0. The van der Waals surface area contributed by atoms with Crippen molar-refractivity contribution in [1.82, 2.24) is 10.2 Å². The second-order valence-electron chi connectivity index (χ2n) is 7.31. The highest BCUT2D eigenvalue weighted by atomic mass is 19.4. The van der Waals surface area contributed by atoms with Gasteiger partial charge in [-0.05, 0) is 51.3 Å². The molecule has 25 heavy (non-hydrogen) atoms. The first-order chi connectivity index (χ1) is 11.5. The molecule has 1 aromatic carbocycles. The smallest absolute Gasteiger partial charge is 0.416 e. The van der Waals surface area contributed by atoms with E-state index in [-0.39, 0.29) is 12.1 Å². The van der Waals surface area contributed by atoms with Crippen molar-refractivity contribution in [3.8, 4) is 0 Å². The normalized spacial score (nSPS) is 19.0. The molecule has 1 fully saturated rings. The molecule has 2 rings (SSSR count). The van der Waals surface area contributed by atoms with Crippen LogP contribution in [-0.4, -0.2) is 42.3 Å². The summed E-state index contributed by atoms with van der Waals surface area (Å²) in [6.07, 6.45) is -3.24. The Morgan fingerprint density at radius 3 is 2.44 bits per heavy atom. The molecule has 1 amide bonds. The van der Waals surface area contributed by atoms with Crippen LogP contribution in [0, 0.1) is 0 Å². The van der Waals surface area contributed by atoms with E-state index in [4.69, 9.17) is 4.74 Å². The van der Waals surface area contributed by atoms with Crippen LogP contribution in [0.15, 0.2) is 24.3 Å². The summed E-state index contributed by atoms with van der Waals surface area (Å²) in [4.78, 5) is 13.8. The van der Waals surface area contributed by atoms with Crippen molar-refractivity contribution in [3.63, 3.8) is 0 Å². The van der Waals surface area contributed by atoms with E-state index in [1.807, 2.05) is 20.8 Å². The number of piperazine rings is 1. The number of hydrogen-bond donors (Lipinski definition) is 1. The number of ether oxygens (including phenoxy) is 1. The van der Waals surface area contributed by atoms with E-state index in [1.165, 1.54) is 12.1 Å². The number of nitrogens with zero attached hydrogens (tertiary/aromatic N) is 1. The van der Waals surface area contributed by atoms with Crippen molar-refractivity contribution < 1.29 is 22.7 Å². The zero-order valence-electron chi connectivity index (χ0n) is 14.8. The van der Waals surface area contributed by atoms with E-state index in [2.05, 4.69) is 5.32 Å². The summed E-state index contributed by atoms with van der Waals surface area (Å²) in [5.41, 5.74) is -0.315. The van der Waals surface area contributed by atoms with Crippen LogP contribution < -0.4 is 5.32 Å². The summed E-state index contributed by atoms with van der Waals surface area (Å²) in [6, 6.07) is 5.34. The maximum atomic E-state index is 12.6. The fourth-order valence-corrected chi connectivity index (χ4v) is 2.71. The predicted molar refractivity (Wildman–Crippen MR) is 89.4 cm³/mol. The van der Waals surface area contributed by atoms with Gasteiger partial charge in [-0.25, -0.2) is 4.79 Å². The van der Waals surface area contributed by atoms with E-state index < -0.39 is 17.3 Å². The lowest BCUT2D eigenvalue weighted by molar-refractivity contribution is -0.137. The monoisotopic (exact) mass is 358 g/mol. The zero-order valence-corrected chi connectivity index (χ0v) is 14.8. The van der Waals surface area contributed by atoms with Gasteiger partial charge in [-0.3, -0.25) is 0 Å². The number of nitrogens with one attached hydrogen (secondary N) is 1. The number of halogens is 3. The standard InChI is InChI=1S/C18H25F3N2O2/c1-17(2,3)25-16(24)23-11-10-22-15(12-23)9-6-13-4-7-14(8-5-13)18(19,20)21/h4-5,7-8,15,22H,6,9-12H2,1-3H3/t15-/m1/s1. The Hall–Kier alpha value is -1.76. The third-order valence-corrected chi connectivity index (χ3v) is 3.97. The molecule has 4 nitrogen and oxygen atoms in total. The third kappa shape index (κ3) is 6.23. The predicted octanol–water partition coefficient (Wildman–Crippen LogP) is 3.85. The Kier molecular flexibility index (Phi) is 5.98. The van der Waals surface area contributed by atoms with Crippen molar-refractivity contribution in [2.75, 3.05) is 19.6 Å². The summed E-state index contributed by atoms with van der Waals surface area (Å²) < 4.78 is 43.1. The van der Waals surface area contributed by atoms with Crippen molar-refractivity contribution in [3.05, 3.63) is 35.4 Å². The average Bonchev–Trinajstić information content (AvgIpc) is 2.51. The van der Waals surface area contributed by atoms with Crippen LogP contribution in [0.5, 0.6) is 0 Å². The lowest BCUT2D eigenvalue weighted by atomic mass is 10.0. The fourth-order valence-electron chi connectivity index (χ4n) is 2.71. The van der Waals surface area contributed by atoms with E-state index in [1.54, 1.807) is 4.90 Å². The molecule has 0 aliphatic carbocycles. The summed E-state index contributed by atoms with van der Waals surface area (Å²) in [6.45, 7) is 7.29. The lowest BCUT2D eigenvalue weighted by Gasteiger charge is -2.35. The first kappa shape index (κ1) is 19.6. The molecule has 1 heterocycles. The van der Waals surface area contributed by atoms with Gasteiger partial charge in [0.2, 0.25) is 0 Å². The van der Waals surface area contributed by atoms with Gasteiger partial charge in [-0.15, -0.1) is 0 Å². The Bertz CT molecular complexity index is 579. The van der Waals surface area contributed by atoms with E-state index >= 15 is 0 Å². The van der Waals surface area contributed by atoms with Crippen LogP contribution in [0.25, 0.3) is 0 Å². The van der Waals surface area contributed by atoms with E-state index in [9.17, 15) is 18.0 Å². The van der Waals surface area contributed by atoms with Gasteiger partial charge in [0, 0.05) is 25.7 Å². The van der Waals surface area contributed by atoms with Crippen LogP contribution in [0.3, 0.4) is 0 Å². The lowest BCUT2D eigenvalue weighted by Crippen LogP contribution is -2.53. The van der Waals surface area contributed by atoms with Gasteiger partial charge in [0.15, 0.2) is 0 Å². The van der Waals surface area contributed by atoms with Crippen molar-refractivity contribution in [2.24, 2.45) is 0 Å². The number of alkyl halides is 3. The number of rotatable bonds is 3. The molecule has 1 atom stereocenters. The molecule has 1 aromatic rings. The molecule has 0 saturated carbocycles. The van der Waals surface area contributed by atoms with Gasteiger partial charge in [-0.2, -0.15) is 13.2 Å². The molecule has 0 bridgehead atoms. The van der Waals surface area contributed by atoms with Crippen molar-refractivity contribution in [1.29, 1.82) is 0 Å². The Balaban J connectivity index is 1.85. The summed E-state index contributed by atoms with van der Waals surface area (Å²) >= 11 is 0. The number of carbonyl (C=O) groups excluding carboxylic acids is 1. The quantitative estimate of drug-likeness (QED) is 0.892. The molecule has 1 saturated heterocycles. The Labute approximate surface area is 146 Å². The molecule has 140 valence electrons. The summed E-state index contributed by atoms with van der Waals surface area (Å²) in [7, 11) is 0. The first-order valence-corrected chi connectivity index (χ1v) is 8.42. The molecule has 7 heteroatoms. The number of aryl methyl sites for hydroxylation is 1. The van der Waals surface area contributed by atoms with Crippen molar-refractivity contribution >= 4 is 6.09 Å². The molecule has 1 N–H and O–H groups in total.